The van der Waals surface area contributed by atoms with Gasteiger partial charge in [-0.2, -0.15) is 0 Å². The number of amides is 1. The molecular weight excluding hydrogens is 228 g/mol. The molecular formula is C14H18N2O2. The van der Waals surface area contributed by atoms with Gasteiger partial charge in [-0.05, 0) is 23.3 Å². The highest BCUT2D eigenvalue weighted by Gasteiger charge is 2.20. The van der Waals surface area contributed by atoms with Crippen LogP contribution in [0.25, 0.3) is 0 Å². The highest BCUT2D eigenvalue weighted by Crippen LogP contribution is 2.24. The topological polar surface area (TPSA) is 41.6 Å². The molecule has 0 atom stereocenters. The third-order valence-corrected chi connectivity index (χ3v) is 3.74. The number of piperidine rings is 1. The number of carbonyl (C=O) groups excluding carboxylic acids is 1. The van der Waals surface area contributed by atoms with E-state index in [1.54, 1.807) is 0 Å². The number of ether oxygens (including phenoxy) is 1. The lowest BCUT2D eigenvalue weighted by atomic mass is 10.1. The summed E-state index contributed by atoms with van der Waals surface area (Å²) in [5.41, 5.74) is 2.72. The van der Waals surface area contributed by atoms with Crippen LogP contribution < -0.4 is 10.1 Å². The molecule has 2 aliphatic rings. The number of nitrogens with one attached hydrogen (secondary N) is 1. The Hall–Kier alpha value is -1.55. The first kappa shape index (κ1) is 11.5. The van der Waals surface area contributed by atoms with Gasteiger partial charge in [-0.3, -0.25) is 4.79 Å². The zero-order valence-corrected chi connectivity index (χ0v) is 10.4. The summed E-state index contributed by atoms with van der Waals surface area (Å²) >= 11 is 0. The fraction of sp³-hybridized carbons (Fsp3) is 0.500. The monoisotopic (exact) mass is 246 g/mol. The summed E-state index contributed by atoms with van der Waals surface area (Å²) in [6.45, 7) is 3.52. The molecule has 0 saturated carbocycles. The lowest BCUT2D eigenvalue weighted by molar-refractivity contribution is -0.119. The maximum atomic E-state index is 10.6. The minimum absolute atomic E-state index is 0.244. The fourth-order valence-corrected chi connectivity index (χ4v) is 2.64. The molecule has 0 spiro atoms. The zero-order chi connectivity index (χ0) is 12.4. The van der Waals surface area contributed by atoms with E-state index in [0.717, 1.165) is 51.2 Å². The van der Waals surface area contributed by atoms with Crippen molar-refractivity contribution in [3.63, 3.8) is 0 Å². The second kappa shape index (κ2) is 4.98. The van der Waals surface area contributed by atoms with Gasteiger partial charge < -0.3 is 15.0 Å². The maximum Gasteiger partial charge on any atom is 0.209 e. The molecule has 4 nitrogen and oxygen atoms in total. The van der Waals surface area contributed by atoms with Crippen molar-refractivity contribution in [3.8, 4) is 5.75 Å². The van der Waals surface area contributed by atoms with Crippen LogP contribution >= 0.6 is 0 Å². The van der Waals surface area contributed by atoms with Gasteiger partial charge in [-0.1, -0.05) is 6.07 Å². The molecule has 1 saturated heterocycles. The van der Waals surface area contributed by atoms with Crippen molar-refractivity contribution in [1.29, 1.82) is 0 Å². The van der Waals surface area contributed by atoms with Gasteiger partial charge in [0, 0.05) is 39.0 Å². The largest absolute Gasteiger partial charge is 0.490 e. The summed E-state index contributed by atoms with van der Waals surface area (Å²) in [4.78, 5) is 12.4. The normalized spacial score (nSPS) is 19.7. The van der Waals surface area contributed by atoms with Crippen molar-refractivity contribution in [2.45, 2.75) is 32.0 Å². The molecule has 2 heterocycles. The molecule has 1 aromatic carbocycles. The molecule has 1 N–H and O–H groups in total. The SMILES string of the molecule is O=CN1CCC(Oc2ccc3c(c2)CNC3)CC1. The standard InChI is InChI=1S/C14H18N2O2/c17-10-16-5-3-13(4-6-16)18-14-2-1-11-8-15-9-12(11)7-14/h1-2,7,10,13,15H,3-6,8-9H2. The van der Waals surface area contributed by atoms with Crippen LogP contribution in [-0.2, 0) is 17.9 Å². The van der Waals surface area contributed by atoms with Gasteiger partial charge in [0.25, 0.3) is 0 Å². The van der Waals surface area contributed by atoms with Gasteiger partial charge in [0.05, 0.1) is 0 Å². The molecule has 2 aliphatic heterocycles. The van der Waals surface area contributed by atoms with Crippen LogP contribution in [0.4, 0.5) is 0 Å². The lowest BCUT2D eigenvalue weighted by Gasteiger charge is -2.29. The van der Waals surface area contributed by atoms with Crippen LogP contribution in [0.1, 0.15) is 24.0 Å². The average Bonchev–Trinajstić information content (AvgIpc) is 2.87. The number of benzene rings is 1. The highest BCUT2D eigenvalue weighted by atomic mass is 16.5. The average molecular weight is 246 g/mol. The Morgan fingerprint density at radius 3 is 2.78 bits per heavy atom. The molecule has 1 aromatic rings. The third kappa shape index (κ3) is 2.34. The van der Waals surface area contributed by atoms with Gasteiger partial charge in [0.15, 0.2) is 0 Å². The van der Waals surface area contributed by atoms with E-state index in [2.05, 4.69) is 23.5 Å². The number of carbonyl (C=O) groups is 1. The van der Waals surface area contributed by atoms with Crippen molar-refractivity contribution < 1.29 is 9.53 Å². The lowest BCUT2D eigenvalue weighted by Crippen LogP contribution is -2.37. The minimum atomic E-state index is 0.244. The Morgan fingerprint density at radius 1 is 1.22 bits per heavy atom. The van der Waals surface area contributed by atoms with E-state index < -0.39 is 0 Å². The molecule has 18 heavy (non-hydrogen) atoms. The molecule has 1 amide bonds. The van der Waals surface area contributed by atoms with E-state index in [9.17, 15) is 4.79 Å². The fourth-order valence-electron chi connectivity index (χ4n) is 2.64. The number of hydrogen-bond acceptors (Lipinski definition) is 3. The van der Waals surface area contributed by atoms with Crippen molar-refractivity contribution in [2.75, 3.05) is 13.1 Å². The number of nitrogens with zero attached hydrogens (tertiary/aromatic N) is 1. The van der Waals surface area contributed by atoms with Gasteiger partial charge >= 0.3 is 0 Å². The first-order valence-corrected chi connectivity index (χ1v) is 6.53. The van der Waals surface area contributed by atoms with Crippen molar-refractivity contribution in [3.05, 3.63) is 29.3 Å². The molecule has 1 fully saturated rings. The van der Waals surface area contributed by atoms with E-state index in [0.29, 0.717) is 0 Å². The van der Waals surface area contributed by atoms with E-state index in [1.165, 1.54) is 11.1 Å². The quantitative estimate of drug-likeness (QED) is 0.817. The molecule has 4 heteroatoms. The maximum absolute atomic E-state index is 10.6. The van der Waals surface area contributed by atoms with Crippen LogP contribution in [-0.4, -0.2) is 30.5 Å². The summed E-state index contributed by atoms with van der Waals surface area (Å²) in [7, 11) is 0. The van der Waals surface area contributed by atoms with Gasteiger partial charge in [0.2, 0.25) is 6.41 Å². The zero-order valence-electron chi connectivity index (χ0n) is 10.4. The van der Waals surface area contributed by atoms with E-state index >= 15 is 0 Å². The molecule has 0 unspecified atom stereocenters. The predicted molar refractivity (Wildman–Crippen MR) is 68.3 cm³/mol. The molecule has 3 rings (SSSR count). The van der Waals surface area contributed by atoms with E-state index in [1.807, 2.05) is 4.90 Å². The van der Waals surface area contributed by atoms with Crippen LogP contribution in [0.2, 0.25) is 0 Å². The Labute approximate surface area is 107 Å². The predicted octanol–water partition coefficient (Wildman–Crippen LogP) is 1.29. The number of fused-ring (bicyclic) bond motifs is 1. The summed E-state index contributed by atoms with van der Waals surface area (Å²) in [6.07, 6.45) is 3.02. The van der Waals surface area contributed by atoms with Crippen LogP contribution in [0.3, 0.4) is 0 Å². The van der Waals surface area contributed by atoms with Gasteiger partial charge in [-0.15, -0.1) is 0 Å². The molecule has 96 valence electrons. The van der Waals surface area contributed by atoms with Gasteiger partial charge in [0.1, 0.15) is 11.9 Å². The highest BCUT2D eigenvalue weighted by molar-refractivity contribution is 5.47. The smallest absolute Gasteiger partial charge is 0.209 e. The molecule has 0 aliphatic carbocycles. The third-order valence-electron chi connectivity index (χ3n) is 3.74. The summed E-state index contributed by atoms with van der Waals surface area (Å²) in [5, 5.41) is 3.33. The summed E-state index contributed by atoms with van der Waals surface area (Å²) in [6, 6.07) is 6.34. The summed E-state index contributed by atoms with van der Waals surface area (Å²) in [5.74, 6) is 0.960. The first-order chi connectivity index (χ1) is 8.85. The van der Waals surface area contributed by atoms with Crippen molar-refractivity contribution in [2.24, 2.45) is 0 Å². The second-order valence-electron chi connectivity index (χ2n) is 4.99. The number of hydrogen-bond donors (Lipinski definition) is 1. The Balaban J connectivity index is 1.61. The Morgan fingerprint density at radius 2 is 2.00 bits per heavy atom. The second-order valence-corrected chi connectivity index (χ2v) is 4.99. The minimum Gasteiger partial charge on any atom is -0.490 e. The summed E-state index contributed by atoms with van der Waals surface area (Å²) < 4.78 is 6.00. The first-order valence-electron chi connectivity index (χ1n) is 6.53. The van der Waals surface area contributed by atoms with Crippen LogP contribution in [0, 0.1) is 0 Å². The van der Waals surface area contributed by atoms with Crippen molar-refractivity contribution in [1.82, 2.24) is 10.2 Å². The number of rotatable bonds is 3. The Bertz CT molecular complexity index is 439. The molecule has 0 aromatic heterocycles. The van der Waals surface area contributed by atoms with Crippen LogP contribution in [0.15, 0.2) is 18.2 Å². The van der Waals surface area contributed by atoms with Crippen molar-refractivity contribution >= 4 is 6.41 Å². The number of likely N-dealkylation sites (tertiary alicyclic amines) is 1. The van der Waals surface area contributed by atoms with Gasteiger partial charge in [-0.25, -0.2) is 0 Å². The molecule has 0 bridgehead atoms. The van der Waals surface area contributed by atoms with Crippen LogP contribution in [0.5, 0.6) is 5.75 Å². The van der Waals surface area contributed by atoms with E-state index in [-0.39, 0.29) is 6.10 Å². The Kier molecular flexibility index (Phi) is 3.19. The van der Waals surface area contributed by atoms with E-state index in [4.69, 9.17) is 4.74 Å². The molecule has 0 radical (unpaired) electrons.